The van der Waals surface area contributed by atoms with Gasteiger partial charge in [0.1, 0.15) is 22.1 Å². The third kappa shape index (κ3) is 3.17. The minimum atomic E-state index is -0.648. The largest absolute Gasteiger partial charge is 0.491 e. The number of nitriles is 1. The second-order valence-corrected chi connectivity index (χ2v) is 7.80. The Hall–Kier alpha value is -3.51. The summed E-state index contributed by atoms with van der Waals surface area (Å²) >= 11 is 1.34. The third-order valence-electron chi connectivity index (χ3n) is 4.53. The van der Waals surface area contributed by atoms with Gasteiger partial charge in [-0.25, -0.2) is 4.98 Å². The van der Waals surface area contributed by atoms with Crippen LogP contribution in [-0.4, -0.2) is 23.1 Å². The van der Waals surface area contributed by atoms with Gasteiger partial charge in [0, 0.05) is 7.05 Å². The average molecular weight is 409 g/mol. The number of benzene rings is 1. The predicted molar refractivity (Wildman–Crippen MR) is 111 cm³/mol. The molecule has 1 atom stereocenters. The van der Waals surface area contributed by atoms with E-state index in [4.69, 9.17) is 15.2 Å². The van der Waals surface area contributed by atoms with Crippen molar-refractivity contribution in [1.29, 1.82) is 5.26 Å². The zero-order valence-electron chi connectivity index (χ0n) is 16.1. The van der Waals surface area contributed by atoms with E-state index >= 15 is 0 Å². The van der Waals surface area contributed by atoms with Crippen LogP contribution in [0.4, 0.5) is 5.13 Å². The zero-order valence-corrected chi connectivity index (χ0v) is 16.9. The molecule has 1 aliphatic heterocycles. The van der Waals surface area contributed by atoms with Gasteiger partial charge in [0.2, 0.25) is 5.88 Å². The van der Waals surface area contributed by atoms with E-state index in [-0.39, 0.29) is 23.1 Å². The Balaban J connectivity index is 1.92. The minimum Gasteiger partial charge on any atom is -0.491 e. The fourth-order valence-electron chi connectivity index (χ4n) is 3.35. The number of aromatic nitrogens is 2. The van der Waals surface area contributed by atoms with Crippen LogP contribution in [0.5, 0.6) is 11.5 Å². The molecular formula is C20H19N5O3S. The van der Waals surface area contributed by atoms with Gasteiger partial charge >= 0.3 is 0 Å². The highest BCUT2D eigenvalue weighted by Gasteiger charge is 2.35. The number of pyridine rings is 1. The molecule has 2 aromatic heterocycles. The van der Waals surface area contributed by atoms with Crippen molar-refractivity contribution in [2.24, 2.45) is 5.73 Å². The van der Waals surface area contributed by atoms with Gasteiger partial charge in [-0.1, -0.05) is 23.5 Å². The highest BCUT2D eigenvalue weighted by atomic mass is 32.1. The maximum atomic E-state index is 13.0. The number of nitrogens with zero attached hydrogens (tertiary/aromatic N) is 2. The van der Waals surface area contributed by atoms with Gasteiger partial charge in [0.25, 0.3) is 5.56 Å². The summed E-state index contributed by atoms with van der Waals surface area (Å²) in [6.45, 7) is 3.89. The van der Waals surface area contributed by atoms with Crippen LogP contribution in [0.25, 0.3) is 10.3 Å². The molecule has 1 aliphatic rings. The Labute approximate surface area is 170 Å². The molecule has 0 spiro atoms. The minimum absolute atomic E-state index is 0.0150. The Kier molecular flexibility index (Phi) is 4.64. The van der Waals surface area contributed by atoms with Crippen molar-refractivity contribution in [3.8, 4) is 17.6 Å². The molecule has 0 bridgehead atoms. The number of aromatic amines is 1. The Morgan fingerprint density at radius 2 is 2.10 bits per heavy atom. The summed E-state index contributed by atoms with van der Waals surface area (Å²) in [5, 5.41) is 13.3. The van der Waals surface area contributed by atoms with E-state index < -0.39 is 5.92 Å². The van der Waals surface area contributed by atoms with Crippen LogP contribution in [0, 0.1) is 11.3 Å². The molecule has 1 aromatic carbocycles. The lowest BCUT2D eigenvalue weighted by atomic mass is 9.84. The quantitative estimate of drug-likeness (QED) is 0.604. The van der Waals surface area contributed by atoms with E-state index in [1.165, 1.54) is 11.3 Å². The molecule has 0 fully saturated rings. The number of rotatable bonds is 4. The first kappa shape index (κ1) is 18.8. The van der Waals surface area contributed by atoms with Gasteiger partial charge in [-0.3, -0.25) is 4.79 Å². The number of H-pyrrole nitrogens is 1. The van der Waals surface area contributed by atoms with Crippen LogP contribution in [0.2, 0.25) is 0 Å². The molecule has 0 radical (unpaired) electrons. The summed E-state index contributed by atoms with van der Waals surface area (Å²) in [6.07, 6.45) is 0.0405. The summed E-state index contributed by atoms with van der Waals surface area (Å²) in [5.74, 6) is 0.382. The highest BCUT2D eigenvalue weighted by molar-refractivity contribution is 7.22. The molecule has 9 heteroatoms. The fraction of sp³-hybridized carbons (Fsp3) is 0.250. The Bertz CT molecular complexity index is 1220. The summed E-state index contributed by atoms with van der Waals surface area (Å²) in [4.78, 5) is 20.1. The molecule has 1 unspecified atom stereocenters. The molecule has 148 valence electrons. The molecule has 8 nitrogen and oxygen atoms in total. The van der Waals surface area contributed by atoms with E-state index in [0.717, 1.165) is 5.56 Å². The number of hydrogen-bond acceptors (Lipinski definition) is 8. The lowest BCUT2D eigenvalue weighted by Gasteiger charge is -2.25. The first-order valence-corrected chi connectivity index (χ1v) is 9.83. The van der Waals surface area contributed by atoms with Gasteiger partial charge in [-0.05, 0) is 31.5 Å². The molecule has 0 saturated heterocycles. The lowest BCUT2D eigenvalue weighted by molar-refractivity contribution is 0.242. The molecule has 0 aliphatic carbocycles. The molecule has 0 saturated carbocycles. The van der Waals surface area contributed by atoms with Crippen LogP contribution in [-0.2, 0) is 0 Å². The average Bonchev–Trinajstić information content (AvgIpc) is 3.10. The van der Waals surface area contributed by atoms with Crippen molar-refractivity contribution in [1.82, 2.24) is 9.97 Å². The van der Waals surface area contributed by atoms with Crippen molar-refractivity contribution in [3.05, 3.63) is 57.2 Å². The van der Waals surface area contributed by atoms with E-state index in [1.54, 1.807) is 7.05 Å². The number of nitrogens with one attached hydrogen (secondary N) is 2. The maximum absolute atomic E-state index is 13.0. The fourth-order valence-corrected chi connectivity index (χ4v) is 4.22. The summed E-state index contributed by atoms with van der Waals surface area (Å²) < 4.78 is 12.1. The summed E-state index contributed by atoms with van der Waals surface area (Å²) in [5.41, 5.74) is 7.40. The SMILES string of the molecule is CNc1nc2[nH]c(=O)c3c(c2s1)OC(N)=C(C#N)C3c1ccc(OC(C)C)cc1. The van der Waals surface area contributed by atoms with Gasteiger partial charge < -0.3 is 25.5 Å². The lowest BCUT2D eigenvalue weighted by Crippen LogP contribution is -2.27. The number of fused-ring (bicyclic) bond motifs is 3. The normalized spacial score (nSPS) is 15.8. The summed E-state index contributed by atoms with van der Waals surface area (Å²) in [7, 11) is 1.74. The van der Waals surface area contributed by atoms with Crippen LogP contribution in [0.3, 0.4) is 0 Å². The number of anilines is 1. The number of thiazole rings is 1. The standard InChI is InChI=1S/C20H19N5O3S/c1-9(2)27-11-6-4-10(5-7-11)13-12(8-21)17(22)28-15-14(13)19(26)24-18-16(15)29-20(23-3)25-18/h4-7,9,13H,22H2,1-3H3,(H2,23,24,25,26). The number of nitrogens with two attached hydrogens (primary N) is 1. The molecule has 29 heavy (non-hydrogen) atoms. The Morgan fingerprint density at radius 1 is 1.38 bits per heavy atom. The van der Waals surface area contributed by atoms with Crippen LogP contribution in [0.15, 0.2) is 40.5 Å². The van der Waals surface area contributed by atoms with Crippen molar-refractivity contribution in [2.45, 2.75) is 25.9 Å². The number of ether oxygens (including phenoxy) is 2. The van der Waals surface area contributed by atoms with Gasteiger partial charge in [-0.2, -0.15) is 5.26 Å². The van der Waals surface area contributed by atoms with Crippen molar-refractivity contribution in [3.63, 3.8) is 0 Å². The van der Waals surface area contributed by atoms with Gasteiger partial charge in [0.15, 0.2) is 16.5 Å². The molecule has 4 N–H and O–H groups in total. The Morgan fingerprint density at radius 3 is 2.72 bits per heavy atom. The first-order valence-electron chi connectivity index (χ1n) is 9.01. The van der Waals surface area contributed by atoms with Gasteiger partial charge in [0.05, 0.1) is 17.6 Å². The number of hydrogen-bond donors (Lipinski definition) is 3. The maximum Gasteiger partial charge on any atom is 0.257 e. The van der Waals surface area contributed by atoms with E-state index in [1.807, 2.05) is 38.1 Å². The van der Waals surface area contributed by atoms with Crippen LogP contribution in [0.1, 0.15) is 30.9 Å². The van der Waals surface area contributed by atoms with Crippen molar-refractivity contribution < 1.29 is 9.47 Å². The topological polar surface area (TPSA) is 126 Å². The van der Waals surface area contributed by atoms with Crippen molar-refractivity contribution in [2.75, 3.05) is 12.4 Å². The third-order valence-corrected chi connectivity index (χ3v) is 5.60. The monoisotopic (exact) mass is 409 g/mol. The van der Waals surface area contributed by atoms with E-state index in [0.29, 0.717) is 32.5 Å². The molecule has 3 heterocycles. The molecular weight excluding hydrogens is 390 g/mol. The van der Waals surface area contributed by atoms with E-state index in [2.05, 4.69) is 21.4 Å². The second-order valence-electron chi connectivity index (χ2n) is 6.80. The molecule has 0 amide bonds. The second kappa shape index (κ2) is 7.14. The highest BCUT2D eigenvalue weighted by Crippen LogP contribution is 2.45. The number of allylic oxidation sites excluding steroid dienone is 1. The zero-order chi connectivity index (χ0) is 20.7. The van der Waals surface area contributed by atoms with Crippen LogP contribution >= 0.6 is 11.3 Å². The predicted octanol–water partition coefficient (Wildman–Crippen LogP) is 3.03. The molecule has 3 aromatic rings. The molecule has 4 rings (SSSR count). The summed E-state index contributed by atoms with van der Waals surface area (Å²) in [6, 6.07) is 9.39. The van der Waals surface area contributed by atoms with Crippen molar-refractivity contribution >= 4 is 26.8 Å². The van der Waals surface area contributed by atoms with Crippen LogP contribution < -0.4 is 26.1 Å². The first-order chi connectivity index (χ1) is 13.9. The van der Waals surface area contributed by atoms with E-state index in [9.17, 15) is 10.1 Å². The smallest absolute Gasteiger partial charge is 0.257 e. The van der Waals surface area contributed by atoms with Gasteiger partial charge in [-0.15, -0.1) is 0 Å².